The Kier molecular flexibility index (Phi) is 4.66. The molecule has 0 saturated heterocycles. The number of carboxylic acid groups (broad SMARTS) is 1. The minimum Gasteiger partial charge on any atom is -0.479 e. The Balaban J connectivity index is 1.88. The lowest BCUT2D eigenvalue weighted by atomic mass is 10.1. The molecule has 0 aliphatic carbocycles. The molecule has 1 aromatic heterocycles. The fourth-order valence-corrected chi connectivity index (χ4v) is 2.63. The van der Waals surface area contributed by atoms with Gasteiger partial charge in [0, 0.05) is 0 Å². The Morgan fingerprint density at radius 1 is 1.04 bits per heavy atom. The highest BCUT2D eigenvalue weighted by Crippen LogP contribution is 2.12. The van der Waals surface area contributed by atoms with Crippen molar-refractivity contribution < 1.29 is 14.7 Å². The number of amides is 1. The Morgan fingerprint density at radius 3 is 2.38 bits per heavy atom. The van der Waals surface area contributed by atoms with Crippen molar-refractivity contribution >= 4 is 22.8 Å². The first-order valence-corrected chi connectivity index (χ1v) is 7.76. The minimum atomic E-state index is -1.28. The van der Waals surface area contributed by atoms with Crippen LogP contribution in [0.1, 0.15) is 11.6 Å². The van der Waals surface area contributed by atoms with Crippen LogP contribution >= 0.6 is 0 Å². The number of aromatic amines is 1. The number of nitrogens with one attached hydrogen (secondary N) is 2. The van der Waals surface area contributed by atoms with Crippen LogP contribution in [0.2, 0.25) is 0 Å². The van der Waals surface area contributed by atoms with E-state index in [4.69, 9.17) is 0 Å². The molecule has 0 unspecified atom stereocenters. The van der Waals surface area contributed by atoms with Gasteiger partial charge in [-0.15, -0.1) is 0 Å². The molecule has 132 valence electrons. The summed E-state index contributed by atoms with van der Waals surface area (Å²) in [6, 6.07) is 13.3. The van der Waals surface area contributed by atoms with Crippen LogP contribution in [-0.4, -0.2) is 26.5 Å². The number of hydrogen-bond donors (Lipinski definition) is 3. The molecule has 3 aromatic rings. The first-order chi connectivity index (χ1) is 12.5. The highest BCUT2D eigenvalue weighted by molar-refractivity contribution is 5.84. The number of nitrogens with zero attached hydrogens (tertiary/aromatic N) is 1. The third-order valence-corrected chi connectivity index (χ3v) is 3.88. The van der Waals surface area contributed by atoms with Gasteiger partial charge in [0.1, 0.15) is 6.54 Å². The molecule has 0 fully saturated rings. The van der Waals surface area contributed by atoms with E-state index in [9.17, 15) is 24.3 Å². The predicted octanol–water partition coefficient (Wildman–Crippen LogP) is 0.632. The maximum Gasteiger partial charge on any atom is 0.330 e. The van der Waals surface area contributed by atoms with Crippen LogP contribution < -0.4 is 16.6 Å². The first-order valence-electron chi connectivity index (χ1n) is 7.76. The molecular weight excluding hydrogens is 338 g/mol. The molecule has 1 heterocycles. The third-order valence-electron chi connectivity index (χ3n) is 3.88. The van der Waals surface area contributed by atoms with Crippen molar-refractivity contribution in [3.63, 3.8) is 0 Å². The molecule has 3 N–H and O–H groups in total. The minimum absolute atomic E-state index is 0.262. The van der Waals surface area contributed by atoms with Gasteiger partial charge in [0.2, 0.25) is 5.91 Å². The van der Waals surface area contributed by atoms with Gasteiger partial charge in [-0.3, -0.25) is 14.2 Å². The molecular formula is C18H15N3O5. The fraction of sp³-hybridized carbons (Fsp3) is 0.111. The van der Waals surface area contributed by atoms with E-state index in [1.807, 2.05) is 0 Å². The van der Waals surface area contributed by atoms with Gasteiger partial charge in [-0.1, -0.05) is 42.5 Å². The van der Waals surface area contributed by atoms with Gasteiger partial charge in [0.25, 0.3) is 5.56 Å². The SMILES string of the molecule is O=C(Cn1c(=O)[nH]c2ccccc2c1=O)N[C@@H](C(=O)O)c1ccccc1. The molecule has 2 aromatic carbocycles. The quantitative estimate of drug-likeness (QED) is 0.621. The molecule has 26 heavy (non-hydrogen) atoms. The number of aromatic nitrogens is 2. The lowest BCUT2D eigenvalue weighted by Gasteiger charge is -2.15. The molecule has 0 spiro atoms. The lowest BCUT2D eigenvalue weighted by molar-refractivity contribution is -0.142. The van der Waals surface area contributed by atoms with Crippen molar-refractivity contribution in [1.29, 1.82) is 0 Å². The number of benzene rings is 2. The molecule has 8 nitrogen and oxygen atoms in total. The van der Waals surface area contributed by atoms with Crippen LogP contribution in [0.15, 0.2) is 64.2 Å². The summed E-state index contributed by atoms with van der Waals surface area (Å²) < 4.78 is 0.738. The fourth-order valence-electron chi connectivity index (χ4n) is 2.63. The maximum atomic E-state index is 12.4. The van der Waals surface area contributed by atoms with Gasteiger partial charge in [0.15, 0.2) is 6.04 Å². The number of aliphatic carboxylic acids is 1. The molecule has 1 amide bonds. The average Bonchev–Trinajstić information content (AvgIpc) is 2.63. The van der Waals surface area contributed by atoms with Crippen molar-refractivity contribution in [2.45, 2.75) is 12.6 Å². The van der Waals surface area contributed by atoms with Gasteiger partial charge in [-0.2, -0.15) is 0 Å². The van der Waals surface area contributed by atoms with Crippen molar-refractivity contribution in [1.82, 2.24) is 14.9 Å². The van der Waals surface area contributed by atoms with E-state index in [0.29, 0.717) is 11.1 Å². The number of hydrogen-bond acceptors (Lipinski definition) is 4. The number of carbonyl (C=O) groups excluding carboxylic acids is 1. The second-order valence-corrected chi connectivity index (χ2v) is 5.62. The Morgan fingerprint density at radius 2 is 1.69 bits per heavy atom. The summed E-state index contributed by atoms with van der Waals surface area (Å²) in [5.41, 5.74) is -0.610. The van der Waals surface area contributed by atoms with Gasteiger partial charge >= 0.3 is 11.7 Å². The smallest absolute Gasteiger partial charge is 0.330 e. The maximum absolute atomic E-state index is 12.4. The zero-order valence-corrected chi connectivity index (χ0v) is 13.5. The Bertz CT molecular complexity index is 1090. The number of H-pyrrole nitrogens is 1. The van der Waals surface area contributed by atoms with E-state index in [2.05, 4.69) is 10.3 Å². The van der Waals surface area contributed by atoms with Crippen LogP contribution in [0.25, 0.3) is 10.9 Å². The highest BCUT2D eigenvalue weighted by atomic mass is 16.4. The zero-order valence-electron chi connectivity index (χ0n) is 13.5. The van der Waals surface area contributed by atoms with E-state index in [-0.39, 0.29) is 5.39 Å². The molecule has 0 aliphatic rings. The molecule has 0 bridgehead atoms. The summed E-state index contributed by atoms with van der Waals surface area (Å²) in [6.45, 7) is -0.588. The molecule has 0 radical (unpaired) electrons. The topological polar surface area (TPSA) is 121 Å². The van der Waals surface area contributed by atoms with Gasteiger partial charge < -0.3 is 15.4 Å². The monoisotopic (exact) mass is 353 g/mol. The Hall–Kier alpha value is -3.68. The lowest BCUT2D eigenvalue weighted by Crippen LogP contribution is -2.42. The summed E-state index contributed by atoms with van der Waals surface area (Å²) in [6.07, 6.45) is 0. The number of fused-ring (bicyclic) bond motifs is 1. The summed E-state index contributed by atoms with van der Waals surface area (Å²) in [5, 5.41) is 11.9. The number of rotatable bonds is 5. The largest absolute Gasteiger partial charge is 0.479 e. The van der Waals surface area contributed by atoms with E-state index in [1.54, 1.807) is 48.5 Å². The number of para-hydroxylation sites is 1. The normalized spacial score (nSPS) is 11.8. The van der Waals surface area contributed by atoms with E-state index < -0.39 is 35.7 Å². The van der Waals surface area contributed by atoms with E-state index >= 15 is 0 Å². The van der Waals surface area contributed by atoms with E-state index in [0.717, 1.165) is 4.57 Å². The average molecular weight is 353 g/mol. The standard InChI is InChI=1S/C18H15N3O5/c22-14(20-15(17(24)25)11-6-2-1-3-7-11)10-21-16(23)12-8-4-5-9-13(12)19-18(21)26/h1-9,15H,10H2,(H,19,26)(H,20,22)(H,24,25)/t15-/m1/s1. The number of carbonyl (C=O) groups is 2. The molecule has 0 saturated carbocycles. The van der Waals surface area contributed by atoms with Crippen molar-refractivity contribution in [3.8, 4) is 0 Å². The van der Waals surface area contributed by atoms with Crippen molar-refractivity contribution in [3.05, 3.63) is 81.0 Å². The summed E-state index contributed by atoms with van der Waals surface area (Å²) in [4.78, 5) is 50.7. The molecule has 1 atom stereocenters. The van der Waals surface area contributed by atoms with Crippen molar-refractivity contribution in [2.24, 2.45) is 0 Å². The van der Waals surface area contributed by atoms with Gasteiger partial charge in [-0.25, -0.2) is 9.59 Å². The first kappa shape index (κ1) is 17.2. The van der Waals surface area contributed by atoms with E-state index in [1.165, 1.54) is 6.07 Å². The molecule has 0 aliphatic heterocycles. The number of carboxylic acids is 1. The highest BCUT2D eigenvalue weighted by Gasteiger charge is 2.22. The van der Waals surface area contributed by atoms with Crippen LogP contribution in [-0.2, 0) is 16.1 Å². The second kappa shape index (κ2) is 7.06. The Labute approximate surface area is 146 Å². The van der Waals surface area contributed by atoms with Gasteiger partial charge in [-0.05, 0) is 17.7 Å². The summed E-state index contributed by atoms with van der Waals surface area (Å²) in [7, 11) is 0. The van der Waals surface area contributed by atoms with Crippen LogP contribution in [0.3, 0.4) is 0 Å². The molecule has 3 rings (SSSR count). The summed E-state index contributed by atoms with van der Waals surface area (Å²) >= 11 is 0. The van der Waals surface area contributed by atoms with Gasteiger partial charge in [0.05, 0.1) is 10.9 Å². The summed E-state index contributed by atoms with van der Waals surface area (Å²) in [5.74, 6) is -2.01. The van der Waals surface area contributed by atoms with Crippen molar-refractivity contribution in [2.75, 3.05) is 0 Å². The van der Waals surface area contributed by atoms with Crippen LogP contribution in [0.5, 0.6) is 0 Å². The predicted molar refractivity (Wildman–Crippen MR) is 93.8 cm³/mol. The second-order valence-electron chi connectivity index (χ2n) is 5.62. The zero-order chi connectivity index (χ0) is 18.7. The van der Waals surface area contributed by atoms with Crippen LogP contribution in [0.4, 0.5) is 0 Å². The third kappa shape index (κ3) is 3.39. The van der Waals surface area contributed by atoms with Crippen LogP contribution in [0, 0.1) is 0 Å². The molecule has 8 heteroatoms.